The molecular weight excluding hydrogens is 510 g/mol. The van der Waals surface area contributed by atoms with E-state index in [4.69, 9.17) is 9.47 Å². The zero-order valence-corrected chi connectivity index (χ0v) is 26.1. The molecule has 0 amide bonds. The van der Waals surface area contributed by atoms with Gasteiger partial charge in [0.2, 0.25) is 0 Å². The molecule has 1 heterocycles. The third kappa shape index (κ3) is 5.73. The standard InChI is InChI=1S/C36H45NO4/c1-9-12-37-26-17-35(4,5)19-28(38)33(26)32(34-27(37)18-36(6,7)20-29(34)39)25-10-11-30(31(16-25)40-8)41-21-24-14-22(2)13-23(3)15-24/h10-11,13-16,32H,9,12,17-21H2,1-8H3. The first-order valence-electron chi connectivity index (χ1n) is 15.0. The van der Waals surface area contributed by atoms with Gasteiger partial charge in [-0.25, -0.2) is 0 Å². The number of aryl methyl sites for hydroxylation is 2. The first kappa shape index (κ1) is 29.2. The minimum absolute atomic E-state index is 0.123. The number of carbonyl (C=O) groups excluding carboxylic acids is 2. The van der Waals surface area contributed by atoms with E-state index < -0.39 is 0 Å². The Bertz CT molecular complexity index is 1380. The molecule has 5 heteroatoms. The molecule has 0 saturated heterocycles. The number of nitrogens with zero attached hydrogens (tertiary/aromatic N) is 1. The van der Waals surface area contributed by atoms with E-state index in [0.717, 1.165) is 59.5 Å². The number of hydrogen-bond acceptors (Lipinski definition) is 5. The molecule has 0 bridgehead atoms. The molecule has 3 aliphatic rings. The fourth-order valence-corrected chi connectivity index (χ4v) is 7.17. The summed E-state index contributed by atoms with van der Waals surface area (Å²) in [5.41, 5.74) is 8.00. The molecule has 2 aromatic carbocycles. The average molecular weight is 556 g/mol. The fraction of sp³-hybridized carbons (Fsp3) is 0.500. The average Bonchev–Trinajstić information content (AvgIpc) is 2.86. The summed E-state index contributed by atoms with van der Waals surface area (Å²) >= 11 is 0. The lowest BCUT2D eigenvalue weighted by Gasteiger charge is -2.49. The summed E-state index contributed by atoms with van der Waals surface area (Å²) < 4.78 is 12.1. The van der Waals surface area contributed by atoms with Crippen LogP contribution in [-0.4, -0.2) is 30.1 Å². The lowest BCUT2D eigenvalue weighted by atomic mass is 9.63. The Balaban J connectivity index is 1.61. The second-order valence-corrected chi connectivity index (χ2v) is 13.9. The summed E-state index contributed by atoms with van der Waals surface area (Å²) in [5, 5.41) is 0. The fourth-order valence-electron chi connectivity index (χ4n) is 7.17. The Hall–Kier alpha value is -3.34. The number of rotatable bonds is 7. The van der Waals surface area contributed by atoms with Crippen molar-refractivity contribution in [1.82, 2.24) is 4.90 Å². The Kier molecular flexibility index (Phi) is 7.69. The molecule has 5 nitrogen and oxygen atoms in total. The monoisotopic (exact) mass is 555 g/mol. The summed E-state index contributed by atoms with van der Waals surface area (Å²) in [6.45, 7) is 16.3. The van der Waals surface area contributed by atoms with E-state index in [-0.39, 0.29) is 28.3 Å². The highest BCUT2D eigenvalue weighted by Gasteiger charge is 2.48. The predicted molar refractivity (Wildman–Crippen MR) is 163 cm³/mol. The van der Waals surface area contributed by atoms with Crippen LogP contribution in [0.15, 0.2) is 58.9 Å². The second-order valence-electron chi connectivity index (χ2n) is 13.9. The zero-order chi connectivity index (χ0) is 29.7. The molecule has 218 valence electrons. The van der Waals surface area contributed by atoms with Crippen molar-refractivity contribution >= 4 is 11.6 Å². The molecule has 5 rings (SSSR count). The maximum atomic E-state index is 13.9. The van der Waals surface area contributed by atoms with Gasteiger partial charge in [0, 0.05) is 47.8 Å². The quantitative estimate of drug-likeness (QED) is 0.347. The van der Waals surface area contributed by atoms with E-state index in [1.165, 1.54) is 11.1 Å². The Labute approximate surface area is 245 Å². The van der Waals surface area contributed by atoms with E-state index in [2.05, 4.69) is 71.6 Å². The number of hydrogen-bond donors (Lipinski definition) is 0. The SMILES string of the molecule is CCCN1C2=C(C(=O)CC(C)(C)C2)C(c2ccc(OCc3cc(C)cc(C)c3)c(OC)c2)C2=C1CC(C)(C)CC2=O. The Morgan fingerprint density at radius 3 is 1.88 bits per heavy atom. The van der Waals surface area contributed by atoms with Crippen LogP contribution in [0.1, 0.15) is 94.9 Å². The molecule has 0 unspecified atom stereocenters. The van der Waals surface area contributed by atoms with Gasteiger partial charge < -0.3 is 14.4 Å². The molecule has 0 N–H and O–H groups in total. The summed E-state index contributed by atoms with van der Waals surface area (Å²) in [6, 6.07) is 12.3. The van der Waals surface area contributed by atoms with Crippen LogP contribution >= 0.6 is 0 Å². The molecule has 0 saturated carbocycles. The van der Waals surface area contributed by atoms with Crippen molar-refractivity contribution < 1.29 is 19.1 Å². The number of methoxy groups -OCH3 is 1. The highest BCUT2D eigenvalue weighted by molar-refractivity contribution is 6.06. The van der Waals surface area contributed by atoms with E-state index >= 15 is 0 Å². The molecule has 41 heavy (non-hydrogen) atoms. The smallest absolute Gasteiger partial charge is 0.162 e. The molecule has 0 spiro atoms. The van der Waals surface area contributed by atoms with E-state index in [1.807, 2.05) is 18.2 Å². The van der Waals surface area contributed by atoms with Crippen LogP contribution in [0.5, 0.6) is 11.5 Å². The van der Waals surface area contributed by atoms with Crippen LogP contribution in [-0.2, 0) is 16.2 Å². The molecule has 0 aromatic heterocycles. The maximum Gasteiger partial charge on any atom is 0.162 e. The van der Waals surface area contributed by atoms with E-state index in [0.29, 0.717) is 30.9 Å². The number of benzene rings is 2. The van der Waals surface area contributed by atoms with Crippen LogP contribution in [0.2, 0.25) is 0 Å². The van der Waals surface area contributed by atoms with Crippen molar-refractivity contribution in [2.24, 2.45) is 10.8 Å². The minimum Gasteiger partial charge on any atom is -0.493 e. The van der Waals surface area contributed by atoms with E-state index in [9.17, 15) is 9.59 Å². The highest BCUT2D eigenvalue weighted by atomic mass is 16.5. The van der Waals surface area contributed by atoms with Gasteiger partial charge in [-0.05, 0) is 67.2 Å². The minimum atomic E-state index is -0.386. The number of carbonyl (C=O) groups is 2. The van der Waals surface area contributed by atoms with Crippen LogP contribution in [0.25, 0.3) is 0 Å². The highest BCUT2D eigenvalue weighted by Crippen LogP contribution is 2.55. The zero-order valence-electron chi connectivity index (χ0n) is 26.1. The van der Waals surface area contributed by atoms with Crippen LogP contribution in [0.4, 0.5) is 0 Å². The van der Waals surface area contributed by atoms with Gasteiger partial charge in [0.15, 0.2) is 23.1 Å². The molecule has 2 aromatic rings. The number of Topliss-reactive ketones (excluding diaryl/α,β-unsaturated/α-hetero) is 2. The first-order chi connectivity index (χ1) is 19.3. The van der Waals surface area contributed by atoms with E-state index in [1.54, 1.807) is 7.11 Å². The van der Waals surface area contributed by atoms with Gasteiger partial charge in [0.05, 0.1) is 7.11 Å². The lowest BCUT2D eigenvalue weighted by Crippen LogP contribution is -2.44. The van der Waals surface area contributed by atoms with Crippen molar-refractivity contribution in [2.45, 2.75) is 93.1 Å². The normalized spacial score (nSPS) is 20.2. The van der Waals surface area contributed by atoms with Crippen LogP contribution in [0, 0.1) is 24.7 Å². The maximum absolute atomic E-state index is 13.9. The number of allylic oxidation sites excluding steroid dienone is 4. The van der Waals surface area contributed by atoms with Crippen LogP contribution in [0.3, 0.4) is 0 Å². The molecule has 0 radical (unpaired) electrons. The second kappa shape index (κ2) is 10.8. The topological polar surface area (TPSA) is 55.8 Å². The van der Waals surface area contributed by atoms with Crippen LogP contribution < -0.4 is 9.47 Å². The van der Waals surface area contributed by atoms with Gasteiger partial charge in [-0.2, -0.15) is 0 Å². The third-order valence-electron chi connectivity index (χ3n) is 8.67. The van der Waals surface area contributed by atoms with Crippen molar-refractivity contribution in [2.75, 3.05) is 13.7 Å². The van der Waals surface area contributed by atoms with Gasteiger partial charge in [-0.3, -0.25) is 9.59 Å². The van der Waals surface area contributed by atoms with Gasteiger partial charge in [-0.1, -0.05) is 70.0 Å². The number of ketones is 2. The Morgan fingerprint density at radius 2 is 1.37 bits per heavy atom. The van der Waals surface area contributed by atoms with Crippen molar-refractivity contribution in [3.8, 4) is 11.5 Å². The summed E-state index contributed by atoms with van der Waals surface area (Å²) in [6.07, 6.45) is 3.56. The third-order valence-corrected chi connectivity index (χ3v) is 8.67. The Morgan fingerprint density at radius 1 is 0.805 bits per heavy atom. The molecule has 1 aliphatic heterocycles. The lowest BCUT2D eigenvalue weighted by molar-refractivity contribution is -0.119. The molecule has 0 atom stereocenters. The molecule has 0 fully saturated rings. The van der Waals surface area contributed by atoms with Crippen molar-refractivity contribution in [3.63, 3.8) is 0 Å². The first-order valence-corrected chi connectivity index (χ1v) is 15.0. The summed E-state index contributed by atoms with van der Waals surface area (Å²) in [7, 11) is 1.64. The largest absolute Gasteiger partial charge is 0.493 e. The van der Waals surface area contributed by atoms with Crippen molar-refractivity contribution in [3.05, 3.63) is 81.2 Å². The predicted octanol–water partition coefficient (Wildman–Crippen LogP) is 7.99. The van der Waals surface area contributed by atoms with Gasteiger partial charge in [-0.15, -0.1) is 0 Å². The molecular formula is C36H45NO4. The van der Waals surface area contributed by atoms with Crippen molar-refractivity contribution in [1.29, 1.82) is 0 Å². The number of ether oxygens (including phenoxy) is 2. The molecule has 2 aliphatic carbocycles. The summed E-state index contributed by atoms with van der Waals surface area (Å²) in [5.74, 6) is 1.18. The summed E-state index contributed by atoms with van der Waals surface area (Å²) in [4.78, 5) is 30.2. The van der Waals surface area contributed by atoms with Gasteiger partial charge >= 0.3 is 0 Å². The van der Waals surface area contributed by atoms with Gasteiger partial charge in [0.1, 0.15) is 6.61 Å². The van der Waals surface area contributed by atoms with Gasteiger partial charge in [0.25, 0.3) is 0 Å².